The van der Waals surface area contributed by atoms with E-state index in [4.69, 9.17) is 9.47 Å². The molecule has 2 fully saturated rings. The van der Waals surface area contributed by atoms with Crippen LogP contribution in [0.3, 0.4) is 0 Å². The monoisotopic (exact) mass is 490 g/mol. The van der Waals surface area contributed by atoms with E-state index in [9.17, 15) is 14.7 Å². The average molecular weight is 491 g/mol. The van der Waals surface area contributed by atoms with Crippen LogP contribution in [0, 0.1) is 6.92 Å². The van der Waals surface area contributed by atoms with E-state index in [1.165, 1.54) is 4.90 Å². The Labute approximate surface area is 209 Å². The van der Waals surface area contributed by atoms with Crippen LogP contribution in [0.25, 0.3) is 11.4 Å². The fourth-order valence-electron chi connectivity index (χ4n) is 5.18. The smallest absolute Gasteiger partial charge is 0.295 e. The maximum Gasteiger partial charge on any atom is 0.295 e. The molecule has 9 heteroatoms. The lowest BCUT2D eigenvalue weighted by molar-refractivity contribution is -0.908. The first kappa shape index (κ1) is 24.0. The number of morpholine rings is 1. The van der Waals surface area contributed by atoms with Gasteiger partial charge in [0.25, 0.3) is 5.91 Å². The summed E-state index contributed by atoms with van der Waals surface area (Å²) < 4.78 is 12.5. The number of rotatable bonds is 7. The van der Waals surface area contributed by atoms with Gasteiger partial charge >= 0.3 is 0 Å². The van der Waals surface area contributed by atoms with Crippen LogP contribution in [0.5, 0.6) is 5.75 Å². The number of fused-ring (bicyclic) bond motifs is 1. The van der Waals surface area contributed by atoms with Crippen molar-refractivity contribution in [3.63, 3.8) is 0 Å². The highest BCUT2D eigenvalue weighted by Crippen LogP contribution is 2.40. The second-order valence-corrected chi connectivity index (χ2v) is 9.19. The van der Waals surface area contributed by atoms with Gasteiger partial charge in [-0.2, -0.15) is 0 Å². The zero-order chi connectivity index (χ0) is 25.2. The summed E-state index contributed by atoms with van der Waals surface area (Å²) in [5, 5.41) is 14.0. The van der Waals surface area contributed by atoms with Crippen LogP contribution in [0.15, 0.2) is 54.2 Å². The van der Waals surface area contributed by atoms with Crippen molar-refractivity contribution in [1.29, 1.82) is 0 Å². The number of pyridine rings is 1. The van der Waals surface area contributed by atoms with E-state index < -0.39 is 23.5 Å². The van der Waals surface area contributed by atoms with Crippen molar-refractivity contribution in [2.24, 2.45) is 0 Å². The first-order valence-electron chi connectivity index (χ1n) is 12.3. The van der Waals surface area contributed by atoms with E-state index in [1.54, 1.807) is 59.9 Å². The predicted molar refractivity (Wildman–Crippen MR) is 130 cm³/mol. The Bertz CT molecular complexity index is 1320. The molecule has 1 N–H and O–H groups in total. The predicted octanol–water partition coefficient (Wildman–Crippen LogP) is 0.181. The fraction of sp³-hybridized carbons (Fsp3) is 0.370. The summed E-state index contributed by atoms with van der Waals surface area (Å²) >= 11 is 0. The molecule has 5 rings (SSSR count). The Morgan fingerprint density at radius 3 is 2.78 bits per heavy atom. The maximum absolute atomic E-state index is 14.0. The van der Waals surface area contributed by atoms with Crippen LogP contribution in [-0.4, -0.2) is 72.5 Å². The number of nitrogens with zero attached hydrogens (tertiary/aromatic N) is 3. The van der Waals surface area contributed by atoms with E-state index in [1.807, 2.05) is 12.1 Å². The van der Waals surface area contributed by atoms with Crippen LogP contribution in [0.2, 0.25) is 0 Å². The quantitative estimate of drug-likeness (QED) is 0.288. The molecule has 3 aromatic rings. The molecule has 1 aromatic carbocycles. The summed E-state index contributed by atoms with van der Waals surface area (Å²) in [6.45, 7) is 6.29. The summed E-state index contributed by atoms with van der Waals surface area (Å²) in [4.78, 5) is 34.1. The number of carbonyl (C=O) groups is 2. The molecule has 36 heavy (non-hydrogen) atoms. The number of amides is 1. The first-order valence-corrected chi connectivity index (χ1v) is 12.3. The average Bonchev–Trinajstić information content (AvgIpc) is 3.37. The molecule has 0 radical (unpaired) electrons. The molecule has 0 aliphatic carbocycles. The number of imidazole rings is 1. The minimum Gasteiger partial charge on any atom is -0.871 e. The normalized spacial score (nSPS) is 20.4. The summed E-state index contributed by atoms with van der Waals surface area (Å²) in [5.41, 5.74) is 2.05. The number of ketones is 1. The summed E-state index contributed by atoms with van der Waals surface area (Å²) in [6.07, 6.45) is 2.46. The third-order valence-electron chi connectivity index (χ3n) is 6.99. The molecular formula is C27H30N4O5. The summed E-state index contributed by atoms with van der Waals surface area (Å²) in [5.74, 6) is -1.28. The van der Waals surface area contributed by atoms with Crippen molar-refractivity contribution in [2.45, 2.75) is 19.4 Å². The molecule has 0 bridgehead atoms. The van der Waals surface area contributed by atoms with Gasteiger partial charge in [0.15, 0.2) is 0 Å². The van der Waals surface area contributed by atoms with Gasteiger partial charge in [-0.25, -0.2) is 4.98 Å². The van der Waals surface area contributed by atoms with E-state index >= 15 is 0 Å². The SMILES string of the molecule is COc1cccc(C2/C(=C(\[O-])c3c(C)nc4ccccn34)C(=O)C(=O)N2CCC[NH+]2CCOCC2)c1. The standard InChI is InChI=1S/C27H30N4O5/c1-18-23(30-11-4-3-9-21(30)28-18)25(32)22-24(19-7-5-8-20(17-19)35-2)31(27(34)26(22)33)12-6-10-29-13-15-36-16-14-29/h3-5,7-9,11,17,24,32H,6,10,12-16H2,1-2H3/b25-22+. The molecule has 0 spiro atoms. The number of likely N-dealkylation sites (tertiary alicyclic amines) is 1. The number of benzene rings is 1. The molecule has 188 valence electrons. The highest BCUT2D eigenvalue weighted by molar-refractivity contribution is 6.46. The van der Waals surface area contributed by atoms with E-state index in [2.05, 4.69) is 4.98 Å². The zero-order valence-electron chi connectivity index (χ0n) is 20.5. The van der Waals surface area contributed by atoms with Crippen LogP contribution in [-0.2, 0) is 14.3 Å². The van der Waals surface area contributed by atoms with E-state index in [0.29, 0.717) is 41.3 Å². The largest absolute Gasteiger partial charge is 0.871 e. The lowest BCUT2D eigenvalue weighted by atomic mass is 9.96. The molecule has 9 nitrogen and oxygen atoms in total. The number of ether oxygens (including phenoxy) is 2. The molecular weight excluding hydrogens is 460 g/mol. The van der Waals surface area contributed by atoms with Crippen molar-refractivity contribution in [3.05, 3.63) is 71.2 Å². The van der Waals surface area contributed by atoms with Gasteiger partial charge in [0.1, 0.15) is 24.5 Å². The number of aryl methyl sites for hydroxylation is 1. The Kier molecular flexibility index (Phi) is 6.75. The molecule has 0 saturated carbocycles. The van der Waals surface area contributed by atoms with E-state index in [0.717, 1.165) is 32.8 Å². The molecule has 1 unspecified atom stereocenters. The molecule has 1 amide bonds. The van der Waals surface area contributed by atoms with Gasteiger partial charge in [-0.15, -0.1) is 0 Å². The third-order valence-corrected chi connectivity index (χ3v) is 6.99. The highest BCUT2D eigenvalue weighted by atomic mass is 16.5. The number of hydrogen-bond acceptors (Lipinski definition) is 6. The number of nitrogens with one attached hydrogen (secondary N) is 1. The second kappa shape index (κ2) is 10.1. The van der Waals surface area contributed by atoms with Gasteiger partial charge in [-0.1, -0.05) is 24.0 Å². The number of aromatic nitrogens is 2. The molecule has 2 aliphatic rings. The summed E-state index contributed by atoms with van der Waals surface area (Å²) in [6, 6.07) is 11.9. The van der Waals surface area contributed by atoms with Crippen LogP contribution in [0.1, 0.15) is 29.4 Å². The minimum absolute atomic E-state index is 0.0410. The fourth-order valence-corrected chi connectivity index (χ4v) is 5.18. The topological polar surface area (TPSA) is 101 Å². The van der Waals surface area contributed by atoms with Gasteiger partial charge in [-0.3, -0.25) is 9.59 Å². The van der Waals surface area contributed by atoms with Crippen molar-refractivity contribution < 1.29 is 29.1 Å². The van der Waals surface area contributed by atoms with Gasteiger partial charge in [-0.05, 0) is 36.8 Å². The highest BCUT2D eigenvalue weighted by Gasteiger charge is 2.44. The number of hydrogen-bond donors (Lipinski definition) is 1. The molecule has 1 atom stereocenters. The van der Waals surface area contributed by atoms with Gasteiger partial charge in [0.2, 0.25) is 5.78 Å². The number of methoxy groups -OCH3 is 1. The Morgan fingerprint density at radius 1 is 1.19 bits per heavy atom. The van der Waals surface area contributed by atoms with Crippen molar-refractivity contribution in [2.75, 3.05) is 46.5 Å². The lowest BCUT2D eigenvalue weighted by Crippen LogP contribution is -3.14. The maximum atomic E-state index is 14.0. The molecule has 2 aromatic heterocycles. The van der Waals surface area contributed by atoms with Crippen LogP contribution >= 0.6 is 0 Å². The van der Waals surface area contributed by atoms with E-state index in [-0.39, 0.29) is 5.57 Å². The second-order valence-electron chi connectivity index (χ2n) is 9.19. The minimum atomic E-state index is -0.791. The number of Topliss-reactive ketones (excluding diaryl/α,β-unsaturated/α-hetero) is 1. The molecule has 4 heterocycles. The number of quaternary nitrogens is 1. The van der Waals surface area contributed by atoms with Crippen LogP contribution < -0.4 is 14.7 Å². The first-order chi connectivity index (χ1) is 17.5. The Morgan fingerprint density at radius 2 is 2.00 bits per heavy atom. The van der Waals surface area contributed by atoms with Crippen molar-refractivity contribution in [3.8, 4) is 5.75 Å². The van der Waals surface area contributed by atoms with Gasteiger partial charge in [0.05, 0.1) is 44.3 Å². The Balaban J connectivity index is 1.56. The summed E-state index contributed by atoms with van der Waals surface area (Å²) in [7, 11) is 1.56. The zero-order valence-corrected chi connectivity index (χ0v) is 20.5. The molecule has 2 saturated heterocycles. The van der Waals surface area contributed by atoms with Crippen molar-refractivity contribution >= 4 is 23.1 Å². The Hall–Kier alpha value is -3.69. The third kappa shape index (κ3) is 4.36. The van der Waals surface area contributed by atoms with Crippen molar-refractivity contribution in [1.82, 2.24) is 14.3 Å². The molecule has 2 aliphatic heterocycles. The lowest BCUT2D eigenvalue weighted by Gasteiger charge is -2.29. The number of carbonyl (C=O) groups excluding carboxylic acids is 2. The van der Waals surface area contributed by atoms with Crippen LogP contribution in [0.4, 0.5) is 0 Å². The van der Waals surface area contributed by atoms with Gasteiger partial charge in [0, 0.05) is 24.7 Å². The van der Waals surface area contributed by atoms with Gasteiger partial charge < -0.3 is 28.8 Å².